The third-order valence-electron chi connectivity index (χ3n) is 4.46. The number of aryl methyl sites for hydroxylation is 1. The number of hydrogen-bond donors (Lipinski definition) is 2. The Labute approximate surface area is 191 Å². The lowest BCUT2D eigenvalue weighted by Crippen LogP contribution is -2.32. The van der Waals surface area contributed by atoms with Crippen molar-refractivity contribution in [1.82, 2.24) is 5.43 Å². The van der Waals surface area contributed by atoms with E-state index in [1.54, 1.807) is 43.3 Å². The molecule has 164 valence electrons. The van der Waals surface area contributed by atoms with Gasteiger partial charge in [0.05, 0.1) is 13.3 Å². The summed E-state index contributed by atoms with van der Waals surface area (Å²) < 4.78 is 11.2. The van der Waals surface area contributed by atoms with Crippen LogP contribution in [0.2, 0.25) is 5.02 Å². The molecule has 0 aromatic heterocycles. The van der Waals surface area contributed by atoms with Crippen LogP contribution in [0.25, 0.3) is 0 Å². The van der Waals surface area contributed by atoms with Crippen LogP contribution in [0, 0.1) is 6.92 Å². The van der Waals surface area contributed by atoms with E-state index in [9.17, 15) is 9.59 Å². The van der Waals surface area contributed by atoms with Crippen molar-refractivity contribution in [2.45, 2.75) is 13.5 Å². The number of carbonyl (C=O) groups excluding carboxylic acids is 2. The quantitative estimate of drug-likeness (QED) is 0.318. The fourth-order valence-electron chi connectivity index (χ4n) is 2.74. The molecule has 8 heteroatoms. The van der Waals surface area contributed by atoms with Gasteiger partial charge in [-0.15, -0.1) is 0 Å². The molecule has 0 saturated heterocycles. The fourth-order valence-corrected chi connectivity index (χ4v) is 2.92. The summed E-state index contributed by atoms with van der Waals surface area (Å²) in [5.74, 6) is -0.663. The summed E-state index contributed by atoms with van der Waals surface area (Å²) in [5.41, 5.74) is 5.12. The van der Waals surface area contributed by atoms with E-state index in [1.165, 1.54) is 13.3 Å². The van der Waals surface area contributed by atoms with Crippen molar-refractivity contribution in [3.63, 3.8) is 0 Å². The first-order valence-corrected chi connectivity index (χ1v) is 10.1. The third-order valence-corrected chi connectivity index (χ3v) is 4.69. The second-order valence-corrected chi connectivity index (χ2v) is 7.23. The fraction of sp³-hybridized carbons (Fsp3) is 0.125. The number of benzene rings is 3. The van der Waals surface area contributed by atoms with Crippen LogP contribution in [0.15, 0.2) is 71.8 Å². The van der Waals surface area contributed by atoms with Crippen molar-refractivity contribution < 1.29 is 19.1 Å². The number of hydrazone groups is 1. The summed E-state index contributed by atoms with van der Waals surface area (Å²) >= 11 is 5.92. The highest BCUT2D eigenvalue weighted by Crippen LogP contribution is 2.28. The molecule has 3 aromatic rings. The minimum Gasteiger partial charge on any atom is -0.493 e. The van der Waals surface area contributed by atoms with E-state index < -0.39 is 11.8 Å². The second kappa shape index (κ2) is 11.0. The van der Waals surface area contributed by atoms with Crippen LogP contribution < -0.4 is 20.2 Å². The number of amides is 2. The topological polar surface area (TPSA) is 89.0 Å². The predicted molar refractivity (Wildman–Crippen MR) is 124 cm³/mol. The Morgan fingerprint density at radius 1 is 1.00 bits per heavy atom. The maximum atomic E-state index is 12.1. The lowest BCUT2D eigenvalue weighted by molar-refractivity contribution is -0.136. The molecule has 32 heavy (non-hydrogen) atoms. The summed E-state index contributed by atoms with van der Waals surface area (Å²) in [4.78, 5) is 24.1. The Balaban J connectivity index is 1.57. The van der Waals surface area contributed by atoms with Gasteiger partial charge < -0.3 is 14.8 Å². The van der Waals surface area contributed by atoms with Gasteiger partial charge >= 0.3 is 11.8 Å². The van der Waals surface area contributed by atoms with E-state index in [4.69, 9.17) is 21.1 Å². The zero-order valence-corrected chi connectivity index (χ0v) is 18.3. The molecule has 0 bridgehead atoms. The van der Waals surface area contributed by atoms with E-state index in [2.05, 4.69) is 15.8 Å². The predicted octanol–water partition coefficient (Wildman–Crippen LogP) is 4.32. The van der Waals surface area contributed by atoms with Gasteiger partial charge in [-0.1, -0.05) is 48.0 Å². The molecular formula is C24H22ClN3O4. The van der Waals surface area contributed by atoms with Crippen LogP contribution in [0.1, 0.15) is 16.7 Å². The highest BCUT2D eigenvalue weighted by atomic mass is 35.5. The smallest absolute Gasteiger partial charge is 0.329 e. The molecule has 0 saturated carbocycles. The molecule has 0 aliphatic rings. The standard InChI is InChI=1S/C24H22ClN3O4/c1-16-8-10-19(25)13-20(16)27-23(29)24(30)28-26-14-18-9-11-21(22(12-18)31-2)32-15-17-6-4-3-5-7-17/h3-14H,15H2,1-2H3,(H,27,29)(H,28,30)/b26-14-. The normalized spacial score (nSPS) is 10.6. The van der Waals surface area contributed by atoms with Crippen LogP contribution in [-0.2, 0) is 16.2 Å². The van der Waals surface area contributed by atoms with Crippen molar-refractivity contribution >= 4 is 35.3 Å². The summed E-state index contributed by atoms with van der Waals surface area (Å²) in [7, 11) is 1.54. The molecular weight excluding hydrogens is 430 g/mol. The molecule has 0 atom stereocenters. The van der Waals surface area contributed by atoms with Crippen LogP contribution in [0.3, 0.4) is 0 Å². The maximum Gasteiger partial charge on any atom is 0.329 e. The number of methoxy groups -OCH3 is 1. The first-order chi connectivity index (χ1) is 15.5. The van der Waals surface area contributed by atoms with Gasteiger partial charge in [-0.25, -0.2) is 5.43 Å². The number of nitrogens with one attached hydrogen (secondary N) is 2. The number of carbonyl (C=O) groups is 2. The molecule has 0 spiro atoms. The second-order valence-electron chi connectivity index (χ2n) is 6.80. The van der Waals surface area contributed by atoms with E-state index in [0.29, 0.717) is 34.4 Å². The number of ether oxygens (including phenoxy) is 2. The molecule has 3 aromatic carbocycles. The number of hydrogen-bond acceptors (Lipinski definition) is 5. The molecule has 0 fully saturated rings. The number of anilines is 1. The summed E-state index contributed by atoms with van der Waals surface area (Å²) in [6.07, 6.45) is 1.40. The first kappa shape index (κ1) is 22.8. The van der Waals surface area contributed by atoms with Gasteiger partial charge in [0.25, 0.3) is 0 Å². The molecule has 7 nitrogen and oxygen atoms in total. The van der Waals surface area contributed by atoms with E-state index >= 15 is 0 Å². The van der Waals surface area contributed by atoms with Gasteiger partial charge in [0.2, 0.25) is 0 Å². The van der Waals surface area contributed by atoms with Gasteiger partial charge in [-0.05, 0) is 53.9 Å². The Morgan fingerprint density at radius 2 is 1.78 bits per heavy atom. The van der Waals surface area contributed by atoms with E-state index in [-0.39, 0.29) is 0 Å². The molecule has 0 aliphatic heterocycles. The molecule has 0 radical (unpaired) electrons. The van der Waals surface area contributed by atoms with Crippen molar-refractivity contribution in [1.29, 1.82) is 0 Å². The lowest BCUT2D eigenvalue weighted by atomic mass is 10.2. The number of rotatable bonds is 7. The number of halogens is 1. The minimum absolute atomic E-state index is 0.405. The lowest BCUT2D eigenvalue weighted by Gasteiger charge is -2.11. The Hall–Kier alpha value is -3.84. The van der Waals surface area contributed by atoms with Crippen LogP contribution in [0.5, 0.6) is 11.5 Å². The minimum atomic E-state index is -0.907. The van der Waals surface area contributed by atoms with Gasteiger partial charge in [-0.2, -0.15) is 5.10 Å². The molecule has 3 rings (SSSR count). The average molecular weight is 452 g/mol. The largest absolute Gasteiger partial charge is 0.493 e. The molecule has 0 aliphatic carbocycles. The van der Waals surface area contributed by atoms with Crippen molar-refractivity contribution in [2.75, 3.05) is 12.4 Å². The Kier molecular flexibility index (Phi) is 7.83. The maximum absolute atomic E-state index is 12.1. The van der Waals surface area contributed by atoms with Gasteiger partial charge in [0.1, 0.15) is 6.61 Å². The summed E-state index contributed by atoms with van der Waals surface area (Å²) in [5, 5.41) is 6.80. The zero-order chi connectivity index (χ0) is 22.9. The monoisotopic (exact) mass is 451 g/mol. The SMILES string of the molecule is COc1cc(/C=N\NC(=O)C(=O)Nc2cc(Cl)ccc2C)ccc1OCc1ccccc1. The van der Waals surface area contributed by atoms with Crippen molar-refractivity contribution in [2.24, 2.45) is 5.10 Å². The first-order valence-electron chi connectivity index (χ1n) is 9.71. The van der Waals surface area contributed by atoms with Crippen LogP contribution >= 0.6 is 11.6 Å². The molecule has 2 N–H and O–H groups in total. The van der Waals surface area contributed by atoms with E-state index in [1.807, 2.05) is 30.3 Å². The van der Waals surface area contributed by atoms with Crippen molar-refractivity contribution in [3.8, 4) is 11.5 Å². The van der Waals surface area contributed by atoms with Gasteiger partial charge in [0.15, 0.2) is 11.5 Å². The highest BCUT2D eigenvalue weighted by molar-refractivity contribution is 6.40. The summed E-state index contributed by atoms with van der Waals surface area (Å²) in [6, 6.07) is 20.0. The Bertz CT molecular complexity index is 1130. The Morgan fingerprint density at radius 3 is 2.53 bits per heavy atom. The van der Waals surface area contributed by atoms with Gasteiger partial charge in [0, 0.05) is 10.7 Å². The van der Waals surface area contributed by atoms with Gasteiger partial charge in [-0.3, -0.25) is 9.59 Å². The molecule has 0 unspecified atom stereocenters. The van der Waals surface area contributed by atoms with Crippen molar-refractivity contribution in [3.05, 3.63) is 88.4 Å². The van der Waals surface area contributed by atoms with Crippen LogP contribution in [-0.4, -0.2) is 25.1 Å². The van der Waals surface area contributed by atoms with Crippen LogP contribution in [0.4, 0.5) is 5.69 Å². The zero-order valence-electron chi connectivity index (χ0n) is 17.6. The number of nitrogens with zero attached hydrogens (tertiary/aromatic N) is 1. The highest BCUT2D eigenvalue weighted by Gasteiger charge is 2.14. The summed E-state index contributed by atoms with van der Waals surface area (Å²) in [6.45, 7) is 2.20. The third kappa shape index (κ3) is 6.33. The average Bonchev–Trinajstić information content (AvgIpc) is 2.81. The van der Waals surface area contributed by atoms with E-state index in [0.717, 1.165) is 11.1 Å². The molecule has 2 amide bonds. The molecule has 0 heterocycles.